The van der Waals surface area contributed by atoms with Crippen LogP contribution in [0, 0.1) is 11.8 Å². The molecule has 1 atom stereocenters. The van der Waals surface area contributed by atoms with Crippen molar-refractivity contribution in [1.29, 1.82) is 0 Å². The lowest BCUT2D eigenvalue weighted by Crippen LogP contribution is -2.44. The highest BCUT2D eigenvalue weighted by atomic mass is 16.3. The van der Waals surface area contributed by atoms with Gasteiger partial charge in [-0.15, -0.1) is 0 Å². The van der Waals surface area contributed by atoms with Crippen LogP contribution in [0.5, 0.6) is 0 Å². The Morgan fingerprint density at radius 3 is 2.38 bits per heavy atom. The number of nitrogens with one attached hydrogen (secondary N) is 1. The summed E-state index contributed by atoms with van der Waals surface area (Å²) in [6.45, 7) is 7.62. The van der Waals surface area contributed by atoms with Crippen LogP contribution in [0.25, 0.3) is 0 Å². The van der Waals surface area contributed by atoms with Crippen molar-refractivity contribution in [3.05, 3.63) is 29.8 Å². The van der Waals surface area contributed by atoms with E-state index in [-0.39, 0.29) is 49.0 Å². The van der Waals surface area contributed by atoms with E-state index in [0.717, 1.165) is 5.56 Å². The van der Waals surface area contributed by atoms with Crippen molar-refractivity contribution >= 4 is 23.4 Å². The van der Waals surface area contributed by atoms with Crippen LogP contribution < -0.4 is 10.2 Å². The molecule has 6 nitrogen and oxygen atoms in total. The predicted octanol–water partition coefficient (Wildman–Crippen LogP) is 2.04. The molecule has 1 heterocycles. The average Bonchev–Trinajstić information content (AvgIpc) is 2.82. The highest BCUT2D eigenvalue weighted by Gasteiger charge is 2.40. The molecule has 1 aromatic rings. The molecule has 2 rings (SSSR count). The fourth-order valence-electron chi connectivity index (χ4n) is 3.16. The molecule has 6 heteroatoms. The minimum Gasteiger partial charge on any atom is -0.396 e. The molecule has 1 fully saturated rings. The molecule has 26 heavy (non-hydrogen) atoms. The highest BCUT2D eigenvalue weighted by molar-refractivity contribution is 6.21. The van der Waals surface area contributed by atoms with Crippen LogP contribution in [0.3, 0.4) is 0 Å². The van der Waals surface area contributed by atoms with Gasteiger partial charge in [-0.1, -0.05) is 26.0 Å². The van der Waals surface area contributed by atoms with Crippen LogP contribution in [-0.2, 0) is 20.8 Å². The van der Waals surface area contributed by atoms with Gasteiger partial charge in [0.05, 0.1) is 18.0 Å². The molecule has 0 saturated carbocycles. The lowest BCUT2D eigenvalue weighted by Gasteiger charge is -2.25. The fraction of sp³-hybridized carbons (Fsp3) is 0.550. The number of aliphatic hydroxyl groups is 1. The summed E-state index contributed by atoms with van der Waals surface area (Å²) in [6.07, 6.45) is 0.931. The summed E-state index contributed by atoms with van der Waals surface area (Å²) >= 11 is 0. The van der Waals surface area contributed by atoms with Gasteiger partial charge in [-0.05, 0) is 43.9 Å². The Morgan fingerprint density at radius 2 is 1.88 bits per heavy atom. The smallest absolute Gasteiger partial charge is 0.237 e. The number of rotatable bonds is 7. The van der Waals surface area contributed by atoms with E-state index in [9.17, 15) is 14.4 Å². The first-order valence-electron chi connectivity index (χ1n) is 9.02. The van der Waals surface area contributed by atoms with E-state index in [1.807, 2.05) is 27.7 Å². The molecule has 0 aliphatic carbocycles. The van der Waals surface area contributed by atoms with Gasteiger partial charge in [0, 0.05) is 18.6 Å². The van der Waals surface area contributed by atoms with E-state index in [1.165, 1.54) is 4.90 Å². The Kier molecular flexibility index (Phi) is 6.18. The first-order valence-corrected chi connectivity index (χ1v) is 9.02. The Morgan fingerprint density at radius 1 is 1.27 bits per heavy atom. The lowest BCUT2D eigenvalue weighted by molar-refractivity contribution is -0.123. The number of anilines is 1. The normalized spacial score (nSPS) is 17.9. The zero-order chi connectivity index (χ0) is 19.5. The molecule has 1 aromatic carbocycles. The average molecular weight is 360 g/mol. The van der Waals surface area contributed by atoms with Crippen LogP contribution in [0.4, 0.5) is 5.69 Å². The van der Waals surface area contributed by atoms with Crippen LogP contribution >= 0.6 is 0 Å². The zero-order valence-electron chi connectivity index (χ0n) is 15.9. The Balaban J connectivity index is 2.04. The first-order chi connectivity index (χ1) is 12.1. The molecule has 2 N–H and O–H groups in total. The summed E-state index contributed by atoms with van der Waals surface area (Å²) in [5.74, 6) is -0.598. The minimum atomic E-state index is -0.466. The highest BCUT2D eigenvalue weighted by Crippen LogP contribution is 2.30. The minimum absolute atomic E-state index is 0.0112. The van der Waals surface area contributed by atoms with Crippen molar-refractivity contribution in [2.75, 3.05) is 11.5 Å². The quantitative estimate of drug-likeness (QED) is 0.729. The zero-order valence-corrected chi connectivity index (χ0v) is 15.9. The molecule has 0 spiro atoms. The molecule has 3 amide bonds. The molecule has 1 unspecified atom stereocenters. The number of benzene rings is 1. The predicted molar refractivity (Wildman–Crippen MR) is 99.5 cm³/mol. The Hall–Kier alpha value is -2.21. The monoisotopic (exact) mass is 360 g/mol. The topological polar surface area (TPSA) is 86.7 Å². The van der Waals surface area contributed by atoms with Crippen LogP contribution in [-0.4, -0.2) is 35.0 Å². The Bertz CT molecular complexity index is 680. The molecule has 0 radical (unpaired) electrons. The number of hydrogen-bond donors (Lipinski definition) is 2. The van der Waals surface area contributed by atoms with E-state index in [1.54, 1.807) is 24.3 Å². The number of aliphatic hydroxyl groups excluding tert-OH is 1. The van der Waals surface area contributed by atoms with E-state index >= 15 is 0 Å². The van der Waals surface area contributed by atoms with Crippen molar-refractivity contribution in [2.45, 2.75) is 52.5 Å². The van der Waals surface area contributed by atoms with E-state index < -0.39 is 5.54 Å². The van der Waals surface area contributed by atoms with Crippen molar-refractivity contribution in [3.63, 3.8) is 0 Å². The van der Waals surface area contributed by atoms with Gasteiger partial charge in [-0.3, -0.25) is 19.3 Å². The van der Waals surface area contributed by atoms with Gasteiger partial charge >= 0.3 is 0 Å². The first kappa shape index (κ1) is 20.1. The van der Waals surface area contributed by atoms with E-state index in [2.05, 4.69) is 5.32 Å². The fourth-order valence-corrected chi connectivity index (χ4v) is 3.16. The molecule has 0 aromatic heterocycles. The third kappa shape index (κ3) is 4.69. The second-order valence-corrected chi connectivity index (χ2v) is 7.87. The van der Waals surface area contributed by atoms with Gasteiger partial charge in [0.2, 0.25) is 17.7 Å². The van der Waals surface area contributed by atoms with Crippen LogP contribution in [0.15, 0.2) is 24.3 Å². The number of hydrogen-bond acceptors (Lipinski definition) is 4. The van der Waals surface area contributed by atoms with E-state index in [4.69, 9.17) is 5.11 Å². The second kappa shape index (κ2) is 7.99. The third-order valence-electron chi connectivity index (χ3n) is 4.76. The number of imide groups is 1. The number of amides is 3. The standard InChI is InChI=1S/C20H28N2O4/c1-13(2)16-12-18(25)22(19(16)26)15-7-5-14(6-8-15)11-17(24)21-20(3,4)9-10-23/h5-8,13,16,23H,9-12H2,1-4H3,(H,21,24). The summed E-state index contributed by atoms with van der Waals surface area (Å²) in [5, 5.41) is 11.9. The van der Waals surface area contributed by atoms with Gasteiger partial charge < -0.3 is 10.4 Å². The van der Waals surface area contributed by atoms with Crippen molar-refractivity contribution in [1.82, 2.24) is 5.32 Å². The lowest BCUT2D eigenvalue weighted by atomic mass is 9.94. The second-order valence-electron chi connectivity index (χ2n) is 7.87. The third-order valence-corrected chi connectivity index (χ3v) is 4.76. The molecular weight excluding hydrogens is 332 g/mol. The SMILES string of the molecule is CC(C)C1CC(=O)N(c2ccc(CC(=O)NC(C)(C)CCO)cc2)C1=O. The molecule has 1 aliphatic heterocycles. The van der Waals surface area contributed by atoms with Crippen molar-refractivity contribution in [3.8, 4) is 0 Å². The van der Waals surface area contributed by atoms with Crippen molar-refractivity contribution in [2.24, 2.45) is 11.8 Å². The van der Waals surface area contributed by atoms with Gasteiger partial charge in [-0.25, -0.2) is 0 Å². The van der Waals surface area contributed by atoms with Crippen molar-refractivity contribution < 1.29 is 19.5 Å². The number of carbonyl (C=O) groups is 3. The molecule has 0 bridgehead atoms. The molecule has 1 aliphatic rings. The Labute approximate surface area is 154 Å². The van der Waals surface area contributed by atoms with Gasteiger partial charge in [-0.2, -0.15) is 0 Å². The van der Waals surface area contributed by atoms with Crippen LogP contribution in [0.1, 0.15) is 46.1 Å². The maximum atomic E-state index is 12.5. The summed E-state index contributed by atoms with van der Waals surface area (Å²) in [5.41, 5.74) is 0.880. The largest absolute Gasteiger partial charge is 0.396 e. The summed E-state index contributed by atoms with van der Waals surface area (Å²) < 4.78 is 0. The maximum Gasteiger partial charge on any atom is 0.237 e. The van der Waals surface area contributed by atoms with E-state index in [0.29, 0.717) is 12.1 Å². The van der Waals surface area contributed by atoms with Gasteiger partial charge in [0.15, 0.2) is 0 Å². The molecule has 1 saturated heterocycles. The van der Waals surface area contributed by atoms with Gasteiger partial charge in [0.25, 0.3) is 0 Å². The maximum absolute atomic E-state index is 12.5. The summed E-state index contributed by atoms with van der Waals surface area (Å²) in [7, 11) is 0. The summed E-state index contributed by atoms with van der Waals surface area (Å²) in [6, 6.07) is 6.94. The number of nitrogens with zero attached hydrogens (tertiary/aromatic N) is 1. The molecule has 142 valence electrons. The molecular formula is C20H28N2O4. The van der Waals surface area contributed by atoms with Gasteiger partial charge in [0.1, 0.15) is 0 Å². The van der Waals surface area contributed by atoms with Crippen LogP contribution in [0.2, 0.25) is 0 Å². The number of carbonyl (C=O) groups excluding carboxylic acids is 3. The summed E-state index contributed by atoms with van der Waals surface area (Å²) in [4.78, 5) is 38.1.